The second-order valence-corrected chi connectivity index (χ2v) is 9.91. The van der Waals surface area contributed by atoms with Gasteiger partial charge in [0.15, 0.2) is 5.96 Å². The first-order chi connectivity index (χ1) is 17.2. The van der Waals surface area contributed by atoms with Crippen molar-refractivity contribution < 1.29 is 22.8 Å². The topological polar surface area (TPSA) is 87.8 Å². The SMILES string of the molecule is NC1=NC2CCCCc3ccc4c(c3)C(CC4)NC(=O)c3cccc(c3)C(CC(F)(F)F)N1C(=O)C2. The Balaban J connectivity index is 1.55. The molecule has 3 aliphatic heterocycles. The molecule has 3 unspecified atom stereocenters. The number of benzene rings is 2. The molecular formula is C27H29F3N4O2. The lowest BCUT2D eigenvalue weighted by molar-refractivity contribution is -0.151. The summed E-state index contributed by atoms with van der Waals surface area (Å²) >= 11 is 0. The van der Waals surface area contributed by atoms with E-state index in [1.54, 1.807) is 6.07 Å². The lowest BCUT2D eigenvalue weighted by atomic mass is 9.95. The normalized spacial score (nSPS) is 24.7. The number of guanidine groups is 1. The van der Waals surface area contributed by atoms with E-state index in [9.17, 15) is 22.8 Å². The zero-order valence-corrected chi connectivity index (χ0v) is 19.9. The number of aryl methyl sites for hydroxylation is 2. The van der Waals surface area contributed by atoms with Crippen LogP contribution in [0.2, 0.25) is 0 Å². The summed E-state index contributed by atoms with van der Waals surface area (Å²) in [5, 5.41) is 3.06. The number of fused-ring (bicyclic) bond motifs is 5. The molecule has 0 saturated heterocycles. The summed E-state index contributed by atoms with van der Waals surface area (Å²) in [6, 6.07) is 10.5. The van der Waals surface area contributed by atoms with E-state index in [1.807, 2.05) is 0 Å². The molecule has 6 nitrogen and oxygen atoms in total. The van der Waals surface area contributed by atoms with Crippen molar-refractivity contribution >= 4 is 17.8 Å². The van der Waals surface area contributed by atoms with Crippen LogP contribution in [-0.4, -0.2) is 34.9 Å². The zero-order valence-electron chi connectivity index (χ0n) is 19.9. The quantitative estimate of drug-likeness (QED) is 0.596. The Labute approximate surface area is 207 Å². The maximum absolute atomic E-state index is 13.6. The average Bonchev–Trinajstić information content (AvgIpc) is 3.21. The number of alkyl halides is 3. The van der Waals surface area contributed by atoms with Crippen molar-refractivity contribution in [3.63, 3.8) is 0 Å². The van der Waals surface area contributed by atoms with Crippen LogP contribution in [0.15, 0.2) is 47.5 Å². The third-order valence-corrected chi connectivity index (χ3v) is 7.36. The first-order valence-corrected chi connectivity index (χ1v) is 12.4. The number of rotatable bonds is 1. The van der Waals surface area contributed by atoms with Crippen LogP contribution in [0.3, 0.4) is 0 Å². The fraction of sp³-hybridized carbons (Fsp3) is 0.444. The van der Waals surface area contributed by atoms with Crippen molar-refractivity contribution in [3.8, 4) is 0 Å². The number of hydrogen-bond donors (Lipinski definition) is 2. The highest BCUT2D eigenvalue weighted by molar-refractivity contribution is 5.99. The largest absolute Gasteiger partial charge is 0.391 e. The van der Waals surface area contributed by atoms with E-state index in [2.05, 4.69) is 28.5 Å². The summed E-state index contributed by atoms with van der Waals surface area (Å²) in [5.74, 6) is -1.05. The van der Waals surface area contributed by atoms with Crippen molar-refractivity contribution in [2.24, 2.45) is 10.7 Å². The molecule has 0 aromatic heterocycles. The predicted molar refractivity (Wildman–Crippen MR) is 129 cm³/mol. The van der Waals surface area contributed by atoms with Crippen molar-refractivity contribution in [2.45, 2.75) is 75.7 Å². The van der Waals surface area contributed by atoms with Crippen LogP contribution < -0.4 is 11.1 Å². The van der Waals surface area contributed by atoms with Crippen LogP contribution in [-0.2, 0) is 17.6 Å². The fourth-order valence-electron chi connectivity index (χ4n) is 5.60. The Hall–Kier alpha value is -3.36. The number of hydrogen-bond acceptors (Lipinski definition) is 4. The van der Waals surface area contributed by atoms with Crippen LogP contribution in [0.4, 0.5) is 13.2 Å². The molecule has 2 aromatic carbocycles. The third kappa shape index (κ3) is 5.10. The zero-order chi connectivity index (χ0) is 25.4. The summed E-state index contributed by atoms with van der Waals surface area (Å²) in [7, 11) is 0. The van der Waals surface area contributed by atoms with Gasteiger partial charge in [-0.2, -0.15) is 13.2 Å². The van der Waals surface area contributed by atoms with E-state index in [0.29, 0.717) is 6.42 Å². The molecule has 1 aliphatic carbocycles. The monoisotopic (exact) mass is 498 g/mol. The van der Waals surface area contributed by atoms with Crippen LogP contribution in [0, 0.1) is 0 Å². The molecule has 3 N–H and O–H groups in total. The van der Waals surface area contributed by atoms with Gasteiger partial charge < -0.3 is 11.1 Å². The Bertz CT molecular complexity index is 1210. The van der Waals surface area contributed by atoms with Gasteiger partial charge in [0.2, 0.25) is 5.91 Å². The molecule has 3 heterocycles. The van der Waals surface area contributed by atoms with E-state index >= 15 is 0 Å². The number of nitrogens with zero attached hydrogens (tertiary/aromatic N) is 2. The van der Waals surface area contributed by atoms with Crippen molar-refractivity contribution in [1.82, 2.24) is 10.2 Å². The molecule has 190 valence electrons. The Morgan fingerprint density at radius 3 is 2.67 bits per heavy atom. The highest BCUT2D eigenvalue weighted by Crippen LogP contribution is 2.37. The molecule has 0 fully saturated rings. The molecule has 0 radical (unpaired) electrons. The highest BCUT2D eigenvalue weighted by atomic mass is 19.4. The van der Waals surface area contributed by atoms with Crippen molar-refractivity contribution in [1.29, 1.82) is 0 Å². The molecule has 4 aliphatic rings. The molecule has 0 saturated carbocycles. The molecule has 2 aromatic rings. The average molecular weight is 499 g/mol. The minimum absolute atomic E-state index is 0.00968. The summed E-state index contributed by atoms with van der Waals surface area (Å²) < 4.78 is 40.9. The molecule has 6 rings (SSSR count). The maximum atomic E-state index is 13.6. The van der Waals surface area contributed by atoms with E-state index in [4.69, 9.17) is 5.73 Å². The van der Waals surface area contributed by atoms with Gasteiger partial charge in [-0.05, 0) is 66.5 Å². The second-order valence-electron chi connectivity index (χ2n) is 9.91. The number of carbonyl (C=O) groups excluding carboxylic acids is 2. The van der Waals surface area contributed by atoms with Gasteiger partial charge >= 0.3 is 6.18 Å². The Kier molecular flexibility index (Phi) is 6.49. The molecule has 3 atom stereocenters. The van der Waals surface area contributed by atoms with Gasteiger partial charge in [0.05, 0.1) is 24.5 Å². The van der Waals surface area contributed by atoms with E-state index in [-0.39, 0.29) is 41.5 Å². The number of nitrogens with two attached hydrogens (primary N) is 1. The molecule has 9 heteroatoms. The van der Waals surface area contributed by atoms with Crippen molar-refractivity contribution in [3.05, 3.63) is 70.3 Å². The van der Waals surface area contributed by atoms with Gasteiger partial charge in [-0.15, -0.1) is 0 Å². The number of carbonyl (C=O) groups is 2. The molecule has 6 bridgehead atoms. The lowest BCUT2D eigenvalue weighted by Crippen LogP contribution is -2.50. The summed E-state index contributed by atoms with van der Waals surface area (Å²) in [6.07, 6.45) is -0.983. The van der Waals surface area contributed by atoms with Gasteiger partial charge in [-0.3, -0.25) is 14.5 Å². The van der Waals surface area contributed by atoms with Gasteiger partial charge in [0.1, 0.15) is 0 Å². The summed E-state index contributed by atoms with van der Waals surface area (Å²) in [6.45, 7) is 0. The highest BCUT2D eigenvalue weighted by Gasteiger charge is 2.41. The van der Waals surface area contributed by atoms with Crippen LogP contribution in [0.25, 0.3) is 0 Å². The number of nitrogens with one attached hydrogen (secondary N) is 1. The predicted octanol–water partition coefficient (Wildman–Crippen LogP) is 4.74. The number of halogens is 3. The van der Waals surface area contributed by atoms with Crippen LogP contribution in [0.1, 0.15) is 83.2 Å². The number of aliphatic imine (C=N–C) groups is 1. The van der Waals surface area contributed by atoms with Crippen LogP contribution in [0.5, 0.6) is 0 Å². The first kappa shape index (κ1) is 24.3. The molecule has 2 amide bonds. The van der Waals surface area contributed by atoms with E-state index < -0.39 is 24.5 Å². The first-order valence-electron chi connectivity index (χ1n) is 12.4. The van der Waals surface area contributed by atoms with Gasteiger partial charge in [0, 0.05) is 12.0 Å². The third-order valence-electron chi connectivity index (χ3n) is 7.36. The van der Waals surface area contributed by atoms with Crippen molar-refractivity contribution in [2.75, 3.05) is 0 Å². The fourth-order valence-corrected chi connectivity index (χ4v) is 5.60. The minimum Gasteiger partial charge on any atom is -0.369 e. The number of amides is 2. The second kappa shape index (κ2) is 9.59. The van der Waals surface area contributed by atoms with E-state index in [0.717, 1.165) is 42.6 Å². The van der Waals surface area contributed by atoms with Gasteiger partial charge in [-0.25, -0.2) is 4.99 Å². The van der Waals surface area contributed by atoms with Gasteiger partial charge in [-0.1, -0.05) is 36.8 Å². The maximum Gasteiger partial charge on any atom is 0.391 e. The Morgan fingerprint density at radius 2 is 1.89 bits per heavy atom. The Morgan fingerprint density at radius 1 is 1.06 bits per heavy atom. The standard InChI is InChI=1S/C27H29F3N4O2/c28-27(29,30)15-23-18-5-3-6-19(13-18)25(36)33-22-11-10-17-9-8-16(12-21(17)22)4-1-2-7-20-14-24(35)34(23)26(31)32-20/h3,5-6,8-9,12-13,20,22-23H,1-2,4,7,10-11,14-15H2,(H2,31,32)(H,33,36). The smallest absolute Gasteiger partial charge is 0.369 e. The van der Waals surface area contributed by atoms with E-state index in [1.165, 1.54) is 29.3 Å². The van der Waals surface area contributed by atoms with Crippen LogP contribution >= 0.6 is 0 Å². The summed E-state index contributed by atoms with van der Waals surface area (Å²) in [4.78, 5) is 31.6. The minimum atomic E-state index is -4.55. The molecular weight excluding hydrogens is 469 g/mol. The summed E-state index contributed by atoms with van der Waals surface area (Å²) in [5.41, 5.74) is 10.1. The lowest BCUT2D eigenvalue weighted by Gasteiger charge is -2.36. The molecule has 0 spiro atoms. The molecule has 36 heavy (non-hydrogen) atoms. The van der Waals surface area contributed by atoms with Gasteiger partial charge in [0.25, 0.3) is 5.91 Å².